The quantitative estimate of drug-likeness (QED) is 0.138. The third kappa shape index (κ3) is 7.56. The predicted molar refractivity (Wildman–Crippen MR) is 132 cm³/mol. The van der Waals surface area contributed by atoms with Gasteiger partial charge in [-0.05, 0) is 35.4 Å². The third-order valence-corrected chi connectivity index (χ3v) is 5.64. The number of nitro benzene ring substituents is 2. The first-order valence-electron chi connectivity index (χ1n) is 11.5. The number of Topliss-reactive ketones (excluding diaryl/α,β-unsaturated/α-hetero) is 1. The number of carbonyl (C=O) groups is 4. The number of aliphatic carboxylic acids is 1. The van der Waals surface area contributed by atoms with Crippen molar-refractivity contribution < 1.29 is 48.4 Å². The smallest absolute Gasteiger partial charge is 0.410 e. The summed E-state index contributed by atoms with van der Waals surface area (Å²) < 4.78 is 10.5. The SMILES string of the molecule is CC(=O)/C(=N\O[C@H]1C[C@@H](C(=O)OCc2ccc([N+](=O)[O-])cc2)N(C(=O)OCc2ccc([N+](=O)[O-])cc2)C1)C(=O)O. The normalized spacial score (nSPS) is 16.6. The summed E-state index contributed by atoms with van der Waals surface area (Å²) in [6.07, 6.45) is -2.15. The first-order chi connectivity index (χ1) is 19.0. The Kier molecular flexibility index (Phi) is 9.40. The molecule has 0 bridgehead atoms. The van der Waals surface area contributed by atoms with E-state index in [1.54, 1.807) is 0 Å². The van der Waals surface area contributed by atoms with Crippen LogP contribution in [0.5, 0.6) is 0 Å². The van der Waals surface area contributed by atoms with Crippen molar-refractivity contribution in [1.29, 1.82) is 0 Å². The monoisotopic (exact) mass is 558 g/mol. The summed E-state index contributed by atoms with van der Waals surface area (Å²) in [6.45, 7) is 0.154. The lowest BCUT2D eigenvalue weighted by Crippen LogP contribution is -2.41. The van der Waals surface area contributed by atoms with Gasteiger partial charge in [0.05, 0.1) is 16.4 Å². The van der Waals surface area contributed by atoms with Crippen molar-refractivity contribution in [2.45, 2.75) is 38.7 Å². The largest absolute Gasteiger partial charge is 0.476 e. The van der Waals surface area contributed by atoms with E-state index in [0.29, 0.717) is 11.1 Å². The number of carboxylic acid groups (broad SMARTS) is 1. The van der Waals surface area contributed by atoms with E-state index in [1.165, 1.54) is 48.5 Å². The minimum Gasteiger partial charge on any atom is -0.476 e. The van der Waals surface area contributed by atoms with E-state index in [4.69, 9.17) is 19.4 Å². The number of rotatable bonds is 11. The summed E-state index contributed by atoms with van der Waals surface area (Å²) in [7, 11) is 0. The number of nitrogens with zero attached hydrogens (tertiary/aromatic N) is 4. The lowest BCUT2D eigenvalue weighted by molar-refractivity contribution is -0.385. The van der Waals surface area contributed by atoms with Crippen LogP contribution in [0.15, 0.2) is 53.7 Å². The minimum atomic E-state index is -1.62. The molecule has 40 heavy (non-hydrogen) atoms. The summed E-state index contributed by atoms with van der Waals surface area (Å²) in [4.78, 5) is 75.0. The van der Waals surface area contributed by atoms with E-state index in [-0.39, 0.29) is 37.6 Å². The topological polar surface area (TPSA) is 218 Å². The van der Waals surface area contributed by atoms with E-state index >= 15 is 0 Å². The van der Waals surface area contributed by atoms with Crippen LogP contribution in [0.4, 0.5) is 16.2 Å². The number of nitro groups is 2. The second-order valence-electron chi connectivity index (χ2n) is 8.44. The lowest BCUT2D eigenvalue weighted by Gasteiger charge is -2.22. The molecule has 1 aliphatic rings. The molecule has 1 aliphatic heterocycles. The van der Waals surface area contributed by atoms with Crippen molar-refractivity contribution in [3.05, 3.63) is 79.9 Å². The number of oxime groups is 1. The number of non-ortho nitro benzene ring substituents is 2. The molecule has 0 saturated carbocycles. The van der Waals surface area contributed by atoms with Gasteiger partial charge < -0.3 is 19.4 Å². The maximum atomic E-state index is 12.9. The molecule has 0 unspecified atom stereocenters. The van der Waals surface area contributed by atoms with Crippen LogP contribution in [0.3, 0.4) is 0 Å². The fourth-order valence-corrected chi connectivity index (χ4v) is 3.59. The molecule has 1 amide bonds. The highest BCUT2D eigenvalue weighted by atomic mass is 16.6. The van der Waals surface area contributed by atoms with E-state index in [9.17, 15) is 39.4 Å². The molecule has 2 aromatic carbocycles. The number of hydrogen-bond donors (Lipinski definition) is 1. The first-order valence-corrected chi connectivity index (χ1v) is 11.5. The van der Waals surface area contributed by atoms with Gasteiger partial charge in [0.15, 0.2) is 5.78 Å². The Morgan fingerprint density at radius 2 is 1.43 bits per heavy atom. The van der Waals surface area contributed by atoms with Gasteiger partial charge in [-0.15, -0.1) is 0 Å². The Balaban J connectivity index is 1.71. The van der Waals surface area contributed by atoms with Gasteiger partial charge in [-0.3, -0.25) is 29.9 Å². The minimum absolute atomic E-state index is 0.153. The molecule has 2 aromatic rings. The van der Waals surface area contributed by atoms with Crippen LogP contribution < -0.4 is 0 Å². The third-order valence-electron chi connectivity index (χ3n) is 5.64. The van der Waals surface area contributed by atoms with Gasteiger partial charge in [-0.1, -0.05) is 5.16 Å². The maximum absolute atomic E-state index is 12.9. The number of likely N-dealkylation sites (tertiary alicyclic amines) is 1. The number of ether oxygens (including phenoxy) is 2. The molecule has 210 valence electrons. The van der Waals surface area contributed by atoms with Gasteiger partial charge in [0.25, 0.3) is 11.4 Å². The van der Waals surface area contributed by atoms with Crippen LogP contribution in [-0.4, -0.2) is 68.1 Å². The average molecular weight is 558 g/mol. The highest BCUT2D eigenvalue weighted by molar-refractivity contribution is 6.63. The lowest BCUT2D eigenvalue weighted by atomic mass is 10.2. The Hall–Kier alpha value is -5.41. The van der Waals surface area contributed by atoms with Crippen LogP contribution >= 0.6 is 0 Å². The van der Waals surface area contributed by atoms with Gasteiger partial charge in [-0.2, -0.15) is 0 Å². The number of esters is 1. The van der Waals surface area contributed by atoms with Crippen molar-refractivity contribution in [2.75, 3.05) is 6.54 Å². The zero-order valence-corrected chi connectivity index (χ0v) is 20.8. The molecule has 2 atom stereocenters. The number of carbonyl (C=O) groups excluding carboxylic acids is 3. The molecule has 1 fully saturated rings. The second kappa shape index (κ2) is 12.9. The zero-order valence-electron chi connectivity index (χ0n) is 20.8. The Morgan fingerprint density at radius 3 is 1.88 bits per heavy atom. The highest BCUT2D eigenvalue weighted by Crippen LogP contribution is 2.24. The van der Waals surface area contributed by atoms with Crippen molar-refractivity contribution in [3.8, 4) is 0 Å². The molecule has 16 heteroatoms. The van der Waals surface area contributed by atoms with Gasteiger partial charge in [0, 0.05) is 37.6 Å². The van der Waals surface area contributed by atoms with Gasteiger partial charge in [0.1, 0.15) is 25.4 Å². The molecule has 0 radical (unpaired) electrons. The number of benzene rings is 2. The van der Waals surface area contributed by atoms with E-state index < -0.39 is 51.5 Å². The van der Waals surface area contributed by atoms with Gasteiger partial charge in [-0.25, -0.2) is 14.4 Å². The molecule has 1 heterocycles. The summed E-state index contributed by atoms with van der Waals surface area (Å²) in [5.74, 6) is -3.36. The van der Waals surface area contributed by atoms with Crippen LogP contribution in [0.1, 0.15) is 24.5 Å². The Labute approximate surface area is 225 Å². The maximum Gasteiger partial charge on any atom is 0.410 e. The van der Waals surface area contributed by atoms with Crippen molar-refractivity contribution in [2.24, 2.45) is 5.16 Å². The zero-order chi connectivity index (χ0) is 29.4. The first kappa shape index (κ1) is 29.2. The molecule has 3 rings (SSSR count). The molecular formula is C24H22N4O12. The Bertz CT molecular complexity index is 1240. The molecular weight excluding hydrogens is 536 g/mol. The fourth-order valence-electron chi connectivity index (χ4n) is 3.59. The van der Waals surface area contributed by atoms with Gasteiger partial charge >= 0.3 is 18.0 Å². The summed E-state index contributed by atoms with van der Waals surface area (Å²) in [5.41, 5.74) is -0.317. The fraction of sp³-hybridized carbons (Fsp3) is 0.292. The van der Waals surface area contributed by atoms with Crippen molar-refractivity contribution in [3.63, 3.8) is 0 Å². The summed E-state index contributed by atoms with van der Waals surface area (Å²) in [6, 6.07) is 9.26. The number of hydrogen-bond acceptors (Lipinski definition) is 12. The van der Waals surface area contributed by atoms with Crippen LogP contribution in [0.2, 0.25) is 0 Å². The van der Waals surface area contributed by atoms with Crippen LogP contribution in [-0.2, 0) is 41.9 Å². The van der Waals surface area contributed by atoms with E-state index in [1.807, 2.05) is 0 Å². The van der Waals surface area contributed by atoms with E-state index in [2.05, 4.69) is 5.16 Å². The average Bonchev–Trinajstić information content (AvgIpc) is 3.35. The number of ketones is 1. The van der Waals surface area contributed by atoms with Crippen LogP contribution in [0.25, 0.3) is 0 Å². The van der Waals surface area contributed by atoms with Crippen molar-refractivity contribution in [1.82, 2.24) is 4.90 Å². The second-order valence-corrected chi connectivity index (χ2v) is 8.44. The highest BCUT2D eigenvalue weighted by Gasteiger charge is 2.43. The predicted octanol–water partition coefficient (Wildman–Crippen LogP) is 2.37. The number of carboxylic acids is 1. The molecule has 1 N–H and O–H groups in total. The molecule has 16 nitrogen and oxygen atoms in total. The van der Waals surface area contributed by atoms with Crippen molar-refractivity contribution >= 4 is 40.9 Å². The summed E-state index contributed by atoms with van der Waals surface area (Å²) in [5, 5.41) is 34.1. The summed E-state index contributed by atoms with van der Waals surface area (Å²) >= 11 is 0. The van der Waals surface area contributed by atoms with E-state index in [0.717, 1.165) is 11.8 Å². The molecule has 0 spiro atoms. The molecule has 1 saturated heterocycles. The van der Waals surface area contributed by atoms with Gasteiger partial charge in [0.2, 0.25) is 5.71 Å². The standard InChI is InChI=1S/C24H22N4O12/c1-14(29)21(22(30)31)25-40-19-10-20(23(32)38-12-15-2-6-17(7-3-15)27(34)35)26(11-19)24(33)39-13-16-4-8-18(9-5-16)28(36)37/h2-9,19-20H,10-13H2,1H3,(H,30,31)/b25-21+/t19-,20-/m0/s1. The number of amides is 1. The molecule has 0 aliphatic carbocycles. The Morgan fingerprint density at radius 1 is 0.925 bits per heavy atom. The van der Waals surface area contributed by atoms with Crippen LogP contribution in [0, 0.1) is 20.2 Å². The molecule has 0 aromatic heterocycles.